The smallest absolute Gasteiger partial charge is 0.234 e. The Kier molecular flexibility index (Phi) is 5.28. The van der Waals surface area contributed by atoms with E-state index >= 15 is 0 Å². The summed E-state index contributed by atoms with van der Waals surface area (Å²) in [6, 6.07) is 16.0. The van der Waals surface area contributed by atoms with Crippen LogP contribution in [0.1, 0.15) is 5.56 Å². The van der Waals surface area contributed by atoms with Gasteiger partial charge in [-0.05, 0) is 31.2 Å². The van der Waals surface area contributed by atoms with E-state index in [-0.39, 0.29) is 5.91 Å². The zero-order valence-electron chi connectivity index (χ0n) is 12.6. The molecule has 110 valence electrons. The van der Waals surface area contributed by atoms with Crippen molar-refractivity contribution in [1.29, 1.82) is 0 Å². The number of para-hydroxylation sites is 2. The van der Waals surface area contributed by atoms with Crippen LogP contribution < -0.4 is 10.2 Å². The number of rotatable bonds is 5. The number of nitrogens with zero attached hydrogens (tertiary/aromatic N) is 1. The number of anilines is 2. The highest BCUT2D eigenvalue weighted by Crippen LogP contribution is 2.24. The van der Waals surface area contributed by atoms with E-state index in [0.717, 1.165) is 16.3 Å². The van der Waals surface area contributed by atoms with Gasteiger partial charge >= 0.3 is 0 Å². The lowest BCUT2D eigenvalue weighted by molar-refractivity contribution is -0.113. The molecule has 3 nitrogen and oxygen atoms in total. The summed E-state index contributed by atoms with van der Waals surface area (Å²) in [5, 5.41) is 2.97. The predicted molar refractivity (Wildman–Crippen MR) is 91.3 cm³/mol. The Morgan fingerprint density at radius 2 is 1.76 bits per heavy atom. The summed E-state index contributed by atoms with van der Waals surface area (Å²) in [4.78, 5) is 15.2. The second-order valence-corrected chi connectivity index (χ2v) is 6.11. The standard InChI is InChI=1S/C17H20N2OS/c1-13-8-10-14(11-9-13)21-12-17(20)18-15-6-4-5-7-16(15)19(2)3/h4-11H,12H2,1-3H3,(H,18,20). The first kappa shape index (κ1) is 15.4. The van der Waals surface area contributed by atoms with Crippen molar-refractivity contribution in [1.82, 2.24) is 0 Å². The Balaban J connectivity index is 1.94. The Hall–Kier alpha value is -1.94. The number of nitrogens with one attached hydrogen (secondary N) is 1. The first-order valence-electron chi connectivity index (χ1n) is 6.82. The van der Waals surface area contributed by atoms with Crippen LogP contribution in [-0.2, 0) is 4.79 Å². The van der Waals surface area contributed by atoms with Gasteiger partial charge < -0.3 is 10.2 Å². The Labute approximate surface area is 130 Å². The summed E-state index contributed by atoms with van der Waals surface area (Å²) in [7, 11) is 3.93. The van der Waals surface area contributed by atoms with Gasteiger partial charge in [-0.25, -0.2) is 0 Å². The lowest BCUT2D eigenvalue weighted by Crippen LogP contribution is -2.17. The highest BCUT2D eigenvalue weighted by molar-refractivity contribution is 8.00. The fraction of sp³-hybridized carbons (Fsp3) is 0.235. The van der Waals surface area contributed by atoms with Crippen LogP contribution in [-0.4, -0.2) is 25.8 Å². The monoisotopic (exact) mass is 300 g/mol. The van der Waals surface area contributed by atoms with Gasteiger partial charge in [0.05, 0.1) is 17.1 Å². The number of hydrogen-bond donors (Lipinski definition) is 1. The Morgan fingerprint density at radius 1 is 1.10 bits per heavy atom. The normalized spacial score (nSPS) is 10.2. The van der Waals surface area contributed by atoms with E-state index in [9.17, 15) is 4.79 Å². The van der Waals surface area contributed by atoms with Crippen molar-refractivity contribution < 1.29 is 4.79 Å². The SMILES string of the molecule is Cc1ccc(SCC(=O)Nc2ccccc2N(C)C)cc1. The van der Waals surface area contributed by atoms with Gasteiger partial charge in [-0.15, -0.1) is 11.8 Å². The summed E-state index contributed by atoms with van der Waals surface area (Å²) in [5.74, 6) is 0.417. The molecule has 0 atom stereocenters. The molecule has 0 saturated carbocycles. The molecule has 1 amide bonds. The van der Waals surface area contributed by atoms with Gasteiger partial charge in [-0.1, -0.05) is 29.8 Å². The maximum Gasteiger partial charge on any atom is 0.234 e. The second-order valence-electron chi connectivity index (χ2n) is 5.06. The van der Waals surface area contributed by atoms with E-state index in [4.69, 9.17) is 0 Å². The summed E-state index contributed by atoms with van der Waals surface area (Å²) >= 11 is 1.55. The van der Waals surface area contributed by atoms with Gasteiger partial charge in [0, 0.05) is 19.0 Å². The molecule has 0 aliphatic carbocycles. The molecule has 0 spiro atoms. The van der Waals surface area contributed by atoms with Gasteiger partial charge in [0.25, 0.3) is 0 Å². The molecule has 0 fully saturated rings. The van der Waals surface area contributed by atoms with Crippen molar-refractivity contribution in [3.05, 3.63) is 54.1 Å². The molecule has 2 aromatic carbocycles. The minimum atomic E-state index is 0.00914. The third-order valence-corrected chi connectivity index (χ3v) is 4.06. The van der Waals surface area contributed by atoms with Crippen LogP contribution in [0.15, 0.2) is 53.4 Å². The summed E-state index contributed by atoms with van der Waals surface area (Å²) in [5.41, 5.74) is 3.08. The maximum absolute atomic E-state index is 12.1. The first-order valence-corrected chi connectivity index (χ1v) is 7.80. The number of amides is 1. The van der Waals surface area contributed by atoms with E-state index in [1.54, 1.807) is 11.8 Å². The van der Waals surface area contributed by atoms with E-state index in [1.807, 2.05) is 55.4 Å². The summed E-state index contributed by atoms with van der Waals surface area (Å²) in [6.07, 6.45) is 0. The average molecular weight is 300 g/mol. The highest BCUT2D eigenvalue weighted by Gasteiger charge is 2.08. The van der Waals surface area contributed by atoms with Crippen molar-refractivity contribution in [2.45, 2.75) is 11.8 Å². The number of thioether (sulfide) groups is 1. The minimum Gasteiger partial charge on any atom is -0.376 e. The predicted octanol–water partition coefficient (Wildman–Crippen LogP) is 3.79. The molecule has 0 saturated heterocycles. The van der Waals surface area contributed by atoms with Crippen molar-refractivity contribution in [2.75, 3.05) is 30.1 Å². The lowest BCUT2D eigenvalue weighted by atomic mass is 10.2. The van der Waals surface area contributed by atoms with Crippen molar-refractivity contribution in [3.8, 4) is 0 Å². The number of carbonyl (C=O) groups excluding carboxylic acids is 1. The summed E-state index contributed by atoms with van der Waals surface area (Å²) in [6.45, 7) is 2.05. The molecule has 2 aromatic rings. The average Bonchev–Trinajstić information content (AvgIpc) is 2.47. The lowest BCUT2D eigenvalue weighted by Gasteiger charge is -2.17. The van der Waals surface area contributed by atoms with Gasteiger partial charge in [0.2, 0.25) is 5.91 Å². The van der Waals surface area contributed by atoms with E-state index in [0.29, 0.717) is 5.75 Å². The number of aryl methyl sites for hydroxylation is 1. The Morgan fingerprint density at radius 3 is 2.43 bits per heavy atom. The third kappa shape index (κ3) is 4.53. The van der Waals surface area contributed by atoms with Crippen molar-refractivity contribution in [3.63, 3.8) is 0 Å². The van der Waals surface area contributed by atoms with Gasteiger partial charge in [0.1, 0.15) is 0 Å². The number of benzene rings is 2. The van der Waals surface area contributed by atoms with Gasteiger partial charge in [0.15, 0.2) is 0 Å². The van der Waals surface area contributed by atoms with E-state index in [2.05, 4.69) is 24.4 Å². The molecule has 2 rings (SSSR count). The minimum absolute atomic E-state index is 0.00914. The molecule has 0 heterocycles. The van der Waals surface area contributed by atoms with E-state index < -0.39 is 0 Å². The number of carbonyl (C=O) groups is 1. The van der Waals surface area contributed by atoms with E-state index in [1.165, 1.54) is 5.56 Å². The van der Waals surface area contributed by atoms with Crippen LogP contribution in [0.2, 0.25) is 0 Å². The fourth-order valence-corrected chi connectivity index (χ4v) is 2.64. The fourth-order valence-electron chi connectivity index (χ4n) is 1.94. The molecule has 0 unspecified atom stereocenters. The second kappa shape index (κ2) is 7.18. The molecule has 0 aromatic heterocycles. The van der Waals surface area contributed by atoms with Crippen LogP contribution in [0, 0.1) is 6.92 Å². The molecule has 0 aliphatic heterocycles. The van der Waals surface area contributed by atoms with Gasteiger partial charge in [-0.2, -0.15) is 0 Å². The third-order valence-electron chi connectivity index (χ3n) is 3.05. The first-order chi connectivity index (χ1) is 10.1. The van der Waals surface area contributed by atoms with Crippen LogP contribution in [0.25, 0.3) is 0 Å². The van der Waals surface area contributed by atoms with Gasteiger partial charge in [-0.3, -0.25) is 4.79 Å². The molecular formula is C17H20N2OS. The van der Waals surface area contributed by atoms with Crippen molar-refractivity contribution >= 4 is 29.0 Å². The Bertz CT molecular complexity index is 608. The van der Waals surface area contributed by atoms with Crippen molar-refractivity contribution in [2.24, 2.45) is 0 Å². The molecule has 0 bridgehead atoms. The molecule has 21 heavy (non-hydrogen) atoms. The van der Waals surface area contributed by atoms with Crippen LogP contribution in [0.3, 0.4) is 0 Å². The molecule has 1 N–H and O–H groups in total. The highest BCUT2D eigenvalue weighted by atomic mass is 32.2. The largest absolute Gasteiger partial charge is 0.376 e. The quantitative estimate of drug-likeness (QED) is 0.853. The van der Waals surface area contributed by atoms with Crippen LogP contribution >= 0.6 is 11.8 Å². The number of hydrogen-bond acceptors (Lipinski definition) is 3. The molecule has 0 radical (unpaired) electrons. The topological polar surface area (TPSA) is 32.3 Å². The molecular weight excluding hydrogens is 280 g/mol. The molecule has 4 heteroatoms. The summed E-state index contributed by atoms with van der Waals surface area (Å²) < 4.78 is 0. The van der Waals surface area contributed by atoms with Crippen LogP contribution in [0.5, 0.6) is 0 Å². The maximum atomic E-state index is 12.1. The zero-order valence-corrected chi connectivity index (χ0v) is 13.4. The van der Waals surface area contributed by atoms with Crippen LogP contribution in [0.4, 0.5) is 11.4 Å². The zero-order chi connectivity index (χ0) is 15.2. The molecule has 0 aliphatic rings.